The van der Waals surface area contributed by atoms with Crippen molar-refractivity contribution in [3.63, 3.8) is 0 Å². The lowest BCUT2D eigenvalue weighted by Gasteiger charge is -2.33. The molecule has 0 saturated carbocycles. The molecular formula is C22H22F2N6O3. The highest BCUT2D eigenvalue weighted by Crippen LogP contribution is 2.34. The molecule has 2 aromatic rings. The summed E-state index contributed by atoms with van der Waals surface area (Å²) in [6.45, 7) is 8.99. The monoisotopic (exact) mass is 456 g/mol. The van der Waals surface area contributed by atoms with E-state index in [9.17, 15) is 18.4 Å². The molecule has 1 aromatic heterocycles. The smallest absolute Gasteiger partial charge is 0.289 e. The van der Waals surface area contributed by atoms with Gasteiger partial charge in [-0.05, 0) is 19.1 Å². The molecule has 1 fully saturated rings. The fourth-order valence-electron chi connectivity index (χ4n) is 3.80. The quantitative estimate of drug-likeness (QED) is 0.715. The van der Waals surface area contributed by atoms with Crippen LogP contribution >= 0.6 is 0 Å². The molecule has 2 amide bonds. The number of nitrogens with one attached hydrogen (secondary N) is 1. The van der Waals surface area contributed by atoms with Crippen molar-refractivity contribution >= 4 is 29.0 Å². The van der Waals surface area contributed by atoms with E-state index in [0.717, 1.165) is 0 Å². The summed E-state index contributed by atoms with van der Waals surface area (Å²) in [4.78, 5) is 40.6. The Hall–Kier alpha value is -3.81. The molecule has 11 heteroatoms. The molecule has 0 bridgehead atoms. The maximum absolute atomic E-state index is 13.5. The lowest BCUT2D eigenvalue weighted by molar-refractivity contribution is -0.120. The Morgan fingerprint density at radius 1 is 1.33 bits per heavy atom. The minimum Gasteiger partial charge on any atom is -0.490 e. The lowest BCUT2D eigenvalue weighted by Crippen LogP contribution is -2.49. The summed E-state index contributed by atoms with van der Waals surface area (Å²) in [6, 6.07) is 3.72. The van der Waals surface area contributed by atoms with Crippen LogP contribution in [0.25, 0.3) is 4.85 Å². The first-order valence-corrected chi connectivity index (χ1v) is 10.4. The molecule has 3 heterocycles. The summed E-state index contributed by atoms with van der Waals surface area (Å²) in [7, 11) is 1.55. The summed E-state index contributed by atoms with van der Waals surface area (Å²) in [6.07, 6.45) is 0.894. The lowest BCUT2D eigenvalue weighted by atomic mass is 10.1. The van der Waals surface area contributed by atoms with Crippen LogP contribution in [0.4, 0.5) is 26.0 Å². The minimum atomic E-state index is -2.70. The Bertz CT molecular complexity index is 1140. The maximum Gasteiger partial charge on any atom is 0.289 e. The van der Waals surface area contributed by atoms with Crippen LogP contribution in [0.5, 0.6) is 5.75 Å². The second-order valence-corrected chi connectivity index (χ2v) is 8.04. The molecule has 4 rings (SSSR count). The molecule has 172 valence electrons. The first-order chi connectivity index (χ1) is 15.7. The first kappa shape index (κ1) is 22.4. The van der Waals surface area contributed by atoms with Gasteiger partial charge in [0.2, 0.25) is 5.82 Å². The minimum absolute atomic E-state index is 0.122. The van der Waals surface area contributed by atoms with Crippen molar-refractivity contribution in [2.45, 2.75) is 31.7 Å². The van der Waals surface area contributed by atoms with Gasteiger partial charge in [-0.25, -0.2) is 23.6 Å². The number of fused-ring (bicyclic) bond motifs is 1. The molecule has 33 heavy (non-hydrogen) atoms. The highest BCUT2D eigenvalue weighted by molar-refractivity contribution is 6.02. The Labute approximate surface area is 189 Å². The molecule has 0 aliphatic carbocycles. The number of ether oxygens (including phenoxy) is 1. The normalized spacial score (nSPS) is 19.7. The van der Waals surface area contributed by atoms with Gasteiger partial charge in [0.25, 0.3) is 17.7 Å². The number of alkyl halides is 2. The Kier molecular flexibility index (Phi) is 5.84. The zero-order chi connectivity index (χ0) is 23.8. The van der Waals surface area contributed by atoms with Crippen LogP contribution in [-0.4, -0.2) is 60.5 Å². The van der Waals surface area contributed by atoms with Crippen molar-refractivity contribution in [2.24, 2.45) is 0 Å². The summed E-state index contributed by atoms with van der Waals surface area (Å²) in [5, 5.41) is 2.60. The molecule has 9 nitrogen and oxygen atoms in total. The number of likely N-dealkylation sites (N-methyl/N-ethyl adjacent to an activating group) is 1. The van der Waals surface area contributed by atoms with E-state index in [2.05, 4.69) is 20.1 Å². The molecule has 0 spiro atoms. The molecule has 1 N–H and O–H groups in total. The van der Waals surface area contributed by atoms with Crippen LogP contribution in [0.15, 0.2) is 24.4 Å². The van der Waals surface area contributed by atoms with Crippen LogP contribution in [0.3, 0.4) is 0 Å². The van der Waals surface area contributed by atoms with E-state index in [4.69, 9.17) is 11.3 Å². The zero-order valence-electron chi connectivity index (χ0n) is 18.1. The molecule has 0 radical (unpaired) electrons. The van der Waals surface area contributed by atoms with E-state index in [0.29, 0.717) is 28.5 Å². The second kappa shape index (κ2) is 8.61. The van der Waals surface area contributed by atoms with E-state index in [1.165, 1.54) is 17.2 Å². The topological polar surface area (TPSA) is 92.0 Å². The third-order valence-electron chi connectivity index (χ3n) is 5.72. The van der Waals surface area contributed by atoms with Crippen molar-refractivity contribution in [3.05, 3.63) is 47.2 Å². The molecule has 1 saturated heterocycles. The van der Waals surface area contributed by atoms with Crippen molar-refractivity contribution in [1.82, 2.24) is 15.3 Å². The number of piperidine rings is 1. The van der Waals surface area contributed by atoms with Crippen LogP contribution in [0.2, 0.25) is 0 Å². The number of amides is 2. The number of anilines is 2. The Morgan fingerprint density at radius 2 is 2.06 bits per heavy atom. The summed E-state index contributed by atoms with van der Waals surface area (Å²) >= 11 is 0. The SMILES string of the molecule is [C-]#[N+]c1ccc2c(c1)OC[C@H](NC(=O)c1ncc(C)c(N3CCC(F)(F)CC3)n1)C(=O)N2C. The van der Waals surface area contributed by atoms with Crippen molar-refractivity contribution in [3.8, 4) is 5.75 Å². The number of carbonyl (C=O) groups is 2. The van der Waals surface area contributed by atoms with Gasteiger partial charge in [-0.2, -0.15) is 0 Å². The van der Waals surface area contributed by atoms with Crippen molar-refractivity contribution < 1.29 is 23.1 Å². The highest BCUT2D eigenvalue weighted by atomic mass is 19.3. The Balaban J connectivity index is 1.50. The van der Waals surface area contributed by atoms with Gasteiger partial charge in [0.15, 0.2) is 5.69 Å². The van der Waals surface area contributed by atoms with Crippen LogP contribution < -0.4 is 19.9 Å². The molecule has 2 aliphatic rings. The molecule has 0 unspecified atom stereocenters. The number of benzene rings is 1. The number of carbonyl (C=O) groups excluding carboxylic acids is 2. The fourth-order valence-corrected chi connectivity index (χ4v) is 3.80. The summed E-state index contributed by atoms with van der Waals surface area (Å²) in [5.74, 6) is -3.15. The van der Waals surface area contributed by atoms with Gasteiger partial charge in [0.1, 0.15) is 24.2 Å². The van der Waals surface area contributed by atoms with E-state index in [-0.39, 0.29) is 38.4 Å². The first-order valence-electron chi connectivity index (χ1n) is 10.4. The maximum atomic E-state index is 13.5. The molecular weight excluding hydrogens is 434 g/mol. The van der Waals surface area contributed by atoms with Crippen LogP contribution in [-0.2, 0) is 4.79 Å². The van der Waals surface area contributed by atoms with E-state index in [1.807, 2.05) is 0 Å². The van der Waals surface area contributed by atoms with Gasteiger partial charge in [0.05, 0.1) is 12.3 Å². The summed E-state index contributed by atoms with van der Waals surface area (Å²) in [5.41, 5.74) is 1.52. The standard InChI is InChI=1S/C22H22F2N6O3/c1-13-11-26-18(28-19(13)30-8-6-22(23,24)7-9-30)20(31)27-15-12-33-17-10-14(25-2)4-5-16(17)29(3)21(15)32/h4-5,10-11,15H,6-9,12H2,1,3H3,(H,27,31)/t15-/m0/s1. The van der Waals surface area contributed by atoms with Gasteiger partial charge in [0, 0.05) is 44.7 Å². The fraction of sp³-hybridized carbons (Fsp3) is 0.409. The third kappa shape index (κ3) is 4.55. The number of nitrogens with zero attached hydrogens (tertiary/aromatic N) is 5. The van der Waals surface area contributed by atoms with Crippen molar-refractivity contribution in [2.75, 3.05) is 36.5 Å². The van der Waals surface area contributed by atoms with E-state index < -0.39 is 23.8 Å². The number of hydrogen-bond acceptors (Lipinski definition) is 6. The van der Waals surface area contributed by atoms with E-state index in [1.54, 1.807) is 31.0 Å². The molecule has 2 aliphatic heterocycles. The van der Waals surface area contributed by atoms with Gasteiger partial charge in [-0.3, -0.25) is 9.59 Å². The number of aromatic nitrogens is 2. The van der Waals surface area contributed by atoms with E-state index >= 15 is 0 Å². The van der Waals surface area contributed by atoms with Crippen LogP contribution in [0.1, 0.15) is 29.0 Å². The third-order valence-corrected chi connectivity index (χ3v) is 5.72. The largest absolute Gasteiger partial charge is 0.490 e. The predicted molar refractivity (Wildman–Crippen MR) is 116 cm³/mol. The number of rotatable bonds is 3. The zero-order valence-corrected chi connectivity index (χ0v) is 18.1. The van der Waals surface area contributed by atoms with Gasteiger partial charge >= 0.3 is 0 Å². The highest BCUT2D eigenvalue weighted by Gasteiger charge is 2.35. The van der Waals surface area contributed by atoms with Crippen LogP contribution in [0, 0.1) is 13.5 Å². The second-order valence-electron chi connectivity index (χ2n) is 8.04. The van der Waals surface area contributed by atoms with Gasteiger partial charge in [-0.15, -0.1) is 0 Å². The molecule has 1 atom stereocenters. The average molecular weight is 456 g/mol. The molecule has 1 aromatic carbocycles. The number of hydrogen-bond donors (Lipinski definition) is 1. The summed E-state index contributed by atoms with van der Waals surface area (Å²) < 4.78 is 32.7. The van der Waals surface area contributed by atoms with Gasteiger partial charge in [-0.1, -0.05) is 6.07 Å². The van der Waals surface area contributed by atoms with Crippen molar-refractivity contribution in [1.29, 1.82) is 0 Å². The Morgan fingerprint density at radius 3 is 2.76 bits per heavy atom. The average Bonchev–Trinajstić information content (AvgIpc) is 2.91. The van der Waals surface area contributed by atoms with Gasteiger partial charge < -0.3 is 19.9 Å². The number of aryl methyl sites for hydroxylation is 1. The number of halogens is 2. The predicted octanol–water partition coefficient (Wildman–Crippen LogP) is 2.73.